The van der Waals surface area contributed by atoms with Gasteiger partial charge in [0.15, 0.2) is 0 Å². The number of hydrogen-bond acceptors (Lipinski definition) is 4. The molecule has 2 N–H and O–H groups in total. The van der Waals surface area contributed by atoms with Crippen molar-refractivity contribution in [3.8, 4) is 0 Å². The third kappa shape index (κ3) is 3.68. The maximum absolute atomic E-state index is 12.2. The normalized spacial score (nSPS) is 17.0. The molecule has 0 spiro atoms. The Morgan fingerprint density at radius 1 is 1.35 bits per heavy atom. The highest BCUT2D eigenvalue weighted by molar-refractivity contribution is 8.26. The maximum atomic E-state index is 12.2. The molecule has 1 aliphatic heterocycles. The number of nitrogens with two attached hydrogens (primary N) is 1. The lowest BCUT2D eigenvalue weighted by atomic mass is 10.2. The van der Waals surface area contributed by atoms with Gasteiger partial charge in [-0.15, -0.1) is 0 Å². The first-order valence-corrected chi connectivity index (χ1v) is 7.39. The van der Waals surface area contributed by atoms with Crippen LogP contribution in [-0.2, 0) is 9.59 Å². The van der Waals surface area contributed by atoms with E-state index in [0.717, 1.165) is 5.56 Å². The Bertz CT molecular complexity index is 570. The molecule has 6 heteroatoms. The van der Waals surface area contributed by atoms with Crippen molar-refractivity contribution in [3.63, 3.8) is 0 Å². The van der Waals surface area contributed by atoms with Gasteiger partial charge in [-0.3, -0.25) is 14.5 Å². The largest absolute Gasteiger partial charge is 0.370 e. The summed E-state index contributed by atoms with van der Waals surface area (Å²) in [6.07, 6.45) is 2.61. The van der Waals surface area contributed by atoms with Crippen LogP contribution in [0.25, 0.3) is 6.08 Å². The monoisotopic (exact) mass is 306 g/mol. The third-order valence-corrected chi connectivity index (χ3v) is 4.15. The summed E-state index contributed by atoms with van der Waals surface area (Å²) in [5, 5.41) is 0. The van der Waals surface area contributed by atoms with Crippen molar-refractivity contribution in [2.75, 3.05) is 6.54 Å². The number of nitrogens with zero attached hydrogens (tertiary/aromatic N) is 1. The number of amides is 2. The van der Waals surface area contributed by atoms with Crippen LogP contribution in [0.2, 0.25) is 0 Å². The Labute approximate surface area is 127 Å². The Balaban J connectivity index is 2.05. The molecule has 2 amide bonds. The number of carbonyl (C=O) groups excluding carboxylic acids is 2. The fourth-order valence-electron chi connectivity index (χ4n) is 1.80. The van der Waals surface area contributed by atoms with E-state index < -0.39 is 0 Å². The van der Waals surface area contributed by atoms with Crippen LogP contribution < -0.4 is 5.73 Å². The minimum absolute atomic E-state index is 0.103. The summed E-state index contributed by atoms with van der Waals surface area (Å²) in [5.41, 5.74) is 6.05. The molecule has 4 nitrogen and oxygen atoms in total. The number of primary amides is 1. The fourth-order valence-corrected chi connectivity index (χ4v) is 3.11. The number of rotatable bonds is 5. The quantitative estimate of drug-likeness (QED) is 0.669. The molecule has 1 heterocycles. The number of hydrogen-bond donors (Lipinski definition) is 1. The summed E-state index contributed by atoms with van der Waals surface area (Å²) < 4.78 is 0.529. The van der Waals surface area contributed by atoms with Crippen molar-refractivity contribution >= 4 is 46.2 Å². The number of thioether (sulfide) groups is 1. The highest BCUT2D eigenvalue weighted by atomic mass is 32.2. The lowest BCUT2D eigenvalue weighted by molar-refractivity contribution is -0.123. The van der Waals surface area contributed by atoms with Crippen molar-refractivity contribution < 1.29 is 9.59 Å². The molecule has 1 fully saturated rings. The number of benzene rings is 1. The molecule has 0 radical (unpaired) electrons. The molecule has 0 saturated carbocycles. The van der Waals surface area contributed by atoms with E-state index in [0.29, 0.717) is 22.2 Å². The van der Waals surface area contributed by atoms with Gasteiger partial charge in [0.2, 0.25) is 5.91 Å². The Morgan fingerprint density at radius 2 is 2.05 bits per heavy atom. The fraction of sp³-hybridized carbons (Fsp3) is 0.214. The van der Waals surface area contributed by atoms with Gasteiger partial charge in [-0.1, -0.05) is 54.3 Å². The van der Waals surface area contributed by atoms with E-state index in [4.69, 9.17) is 18.0 Å². The Hall–Kier alpha value is -1.66. The maximum Gasteiger partial charge on any atom is 0.266 e. The van der Waals surface area contributed by atoms with Gasteiger partial charge in [0.1, 0.15) is 4.32 Å². The van der Waals surface area contributed by atoms with E-state index in [-0.39, 0.29) is 18.2 Å². The third-order valence-electron chi connectivity index (χ3n) is 2.78. The van der Waals surface area contributed by atoms with Gasteiger partial charge < -0.3 is 5.73 Å². The zero-order chi connectivity index (χ0) is 14.5. The average molecular weight is 306 g/mol. The predicted molar refractivity (Wildman–Crippen MR) is 84.7 cm³/mol. The van der Waals surface area contributed by atoms with Crippen molar-refractivity contribution in [2.45, 2.75) is 12.8 Å². The minimum Gasteiger partial charge on any atom is -0.370 e. The van der Waals surface area contributed by atoms with Crippen molar-refractivity contribution in [3.05, 3.63) is 40.8 Å². The van der Waals surface area contributed by atoms with Crippen LogP contribution in [0.5, 0.6) is 0 Å². The molecular weight excluding hydrogens is 292 g/mol. The number of thiocarbonyl (C=S) groups is 1. The first-order chi connectivity index (χ1) is 9.58. The summed E-state index contributed by atoms with van der Waals surface area (Å²) in [5.74, 6) is -0.469. The summed E-state index contributed by atoms with van der Waals surface area (Å²) in [4.78, 5) is 25.1. The van der Waals surface area contributed by atoms with Gasteiger partial charge in [-0.05, 0) is 18.1 Å². The molecule has 2 rings (SSSR count). The van der Waals surface area contributed by atoms with Crippen LogP contribution in [0.3, 0.4) is 0 Å². The molecule has 20 heavy (non-hydrogen) atoms. The van der Waals surface area contributed by atoms with Crippen LogP contribution in [0.4, 0.5) is 0 Å². The summed E-state index contributed by atoms with van der Waals surface area (Å²) in [6, 6.07) is 9.62. The minimum atomic E-state index is -0.365. The molecule has 1 saturated heterocycles. The molecule has 1 aromatic rings. The van der Waals surface area contributed by atoms with Crippen LogP contribution in [-0.4, -0.2) is 27.6 Å². The number of carbonyl (C=O) groups is 2. The summed E-state index contributed by atoms with van der Waals surface area (Å²) in [7, 11) is 0. The van der Waals surface area contributed by atoms with E-state index in [9.17, 15) is 9.59 Å². The standard InChI is InChI=1S/C14H14N2O2S2/c15-12(17)7-4-8-16-13(18)11(20-14(16)19)9-10-5-2-1-3-6-10/h1-3,5-6,9H,4,7-8H2,(H2,15,17). The second kappa shape index (κ2) is 6.67. The van der Waals surface area contributed by atoms with E-state index in [1.54, 1.807) is 0 Å². The first kappa shape index (κ1) is 14.7. The molecule has 0 bridgehead atoms. The lowest BCUT2D eigenvalue weighted by Gasteiger charge is -2.13. The summed E-state index contributed by atoms with van der Waals surface area (Å²) >= 11 is 6.49. The topological polar surface area (TPSA) is 63.4 Å². The first-order valence-electron chi connectivity index (χ1n) is 6.16. The smallest absolute Gasteiger partial charge is 0.266 e. The molecular formula is C14H14N2O2S2. The van der Waals surface area contributed by atoms with Gasteiger partial charge in [-0.2, -0.15) is 0 Å². The lowest BCUT2D eigenvalue weighted by Crippen LogP contribution is -2.29. The highest BCUT2D eigenvalue weighted by Gasteiger charge is 2.31. The zero-order valence-corrected chi connectivity index (χ0v) is 12.4. The molecule has 104 valence electrons. The second-order valence-electron chi connectivity index (χ2n) is 4.31. The zero-order valence-electron chi connectivity index (χ0n) is 10.7. The van der Waals surface area contributed by atoms with Crippen LogP contribution in [0.15, 0.2) is 35.2 Å². The van der Waals surface area contributed by atoms with Gasteiger partial charge in [-0.25, -0.2) is 0 Å². The molecule has 0 aromatic heterocycles. The van der Waals surface area contributed by atoms with Crippen molar-refractivity contribution in [2.24, 2.45) is 5.73 Å². The Morgan fingerprint density at radius 3 is 2.70 bits per heavy atom. The van der Waals surface area contributed by atoms with Gasteiger partial charge in [0.05, 0.1) is 4.91 Å². The van der Waals surface area contributed by atoms with E-state index in [2.05, 4.69) is 0 Å². The van der Waals surface area contributed by atoms with Crippen LogP contribution in [0, 0.1) is 0 Å². The summed E-state index contributed by atoms with van der Waals surface area (Å²) in [6.45, 7) is 0.430. The van der Waals surface area contributed by atoms with E-state index >= 15 is 0 Å². The van der Waals surface area contributed by atoms with E-state index in [1.165, 1.54) is 16.7 Å². The van der Waals surface area contributed by atoms with E-state index in [1.807, 2.05) is 36.4 Å². The Kier molecular flexibility index (Phi) is 4.92. The van der Waals surface area contributed by atoms with Crippen molar-refractivity contribution in [1.82, 2.24) is 4.90 Å². The predicted octanol–water partition coefficient (Wildman–Crippen LogP) is 2.15. The van der Waals surface area contributed by atoms with Gasteiger partial charge >= 0.3 is 0 Å². The SMILES string of the molecule is NC(=O)CCCN1C(=O)C(=Cc2ccccc2)SC1=S. The van der Waals surface area contributed by atoms with Crippen LogP contribution in [0.1, 0.15) is 18.4 Å². The van der Waals surface area contributed by atoms with Crippen LogP contribution >= 0.6 is 24.0 Å². The molecule has 0 aliphatic carbocycles. The second-order valence-corrected chi connectivity index (χ2v) is 5.99. The molecule has 0 atom stereocenters. The highest BCUT2D eigenvalue weighted by Crippen LogP contribution is 2.32. The molecule has 1 aliphatic rings. The molecule has 1 aromatic carbocycles. The molecule has 0 unspecified atom stereocenters. The van der Waals surface area contributed by atoms with Gasteiger partial charge in [0.25, 0.3) is 5.91 Å². The van der Waals surface area contributed by atoms with Gasteiger partial charge in [0, 0.05) is 13.0 Å². The van der Waals surface area contributed by atoms with Crippen molar-refractivity contribution in [1.29, 1.82) is 0 Å². The average Bonchev–Trinajstić information content (AvgIpc) is 2.67.